The smallest absolute Gasteiger partial charge is 0.338 e. The number of phenolic OH excluding ortho intramolecular Hbond substituents is 1. The van der Waals surface area contributed by atoms with E-state index in [2.05, 4.69) is 36.1 Å². The quantitative estimate of drug-likeness (QED) is 0.766. The molecular formula is C22H27NO4. The molecule has 0 saturated carbocycles. The molecule has 144 valence electrons. The van der Waals surface area contributed by atoms with Crippen LogP contribution in [0.4, 0.5) is 0 Å². The van der Waals surface area contributed by atoms with Crippen molar-refractivity contribution in [3.8, 4) is 5.75 Å². The van der Waals surface area contributed by atoms with Gasteiger partial charge >= 0.3 is 5.97 Å². The summed E-state index contributed by atoms with van der Waals surface area (Å²) in [5.41, 5.74) is 2.16. The number of carbonyl (C=O) groups is 1. The standard InChI is InChI=1S/C22H27NO4/c1-17-2-4-18(5-3-17)16-22(26)10-12-23(13-11-22)14-15-27-21(25)19-6-8-20(24)9-7-19/h2-9,24,26H,10-16H2,1H3. The number of esters is 1. The lowest BCUT2D eigenvalue weighted by molar-refractivity contribution is -0.0249. The SMILES string of the molecule is Cc1ccc(CC2(O)CCN(CCOC(=O)c3ccc(O)cc3)CC2)cc1. The van der Waals surface area contributed by atoms with E-state index in [-0.39, 0.29) is 11.7 Å². The highest BCUT2D eigenvalue weighted by Gasteiger charge is 2.32. The molecule has 0 amide bonds. The van der Waals surface area contributed by atoms with Gasteiger partial charge in [0.2, 0.25) is 0 Å². The van der Waals surface area contributed by atoms with Crippen LogP contribution >= 0.6 is 0 Å². The van der Waals surface area contributed by atoms with E-state index in [1.807, 2.05) is 0 Å². The summed E-state index contributed by atoms with van der Waals surface area (Å²) in [5.74, 6) is -0.263. The zero-order chi connectivity index (χ0) is 19.3. The van der Waals surface area contributed by atoms with E-state index in [9.17, 15) is 15.0 Å². The Morgan fingerprint density at radius 3 is 2.33 bits per heavy atom. The van der Waals surface area contributed by atoms with E-state index < -0.39 is 5.60 Å². The number of aliphatic hydroxyl groups is 1. The molecule has 2 aromatic rings. The number of hydrogen-bond acceptors (Lipinski definition) is 5. The third kappa shape index (κ3) is 5.55. The van der Waals surface area contributed by atoms with E-state index in [0.29, 0.717) is 38.0 Å². The molecular weight excluding hydrogens is 342 g/mol. The Morgan fingerprint density at radius 1 is 1.07 bits per heavy atom. The van der Waals surface area contributed by atoms with Crippen LogP contribution in [0.25, 0.3) is 0 Å². The average Bonchev–Trinajstić information content (AvgIpc) is 2.66. The Balaban J connectivity index is 1.40. The molecule has 1 aliphatic rings. The zero-order valence-electron chi connectivity index (χ0n) is 15.7. The number of rotatable bonds is 6. The Hall–Kier alpha value is -2.37. The van der Waals surface area contributed by atoms with Crippen molar-refractivity contribution < 1.29 is 19.7 Å². The van der Waals surface area contributed by atoms with Gasteiger partial charge < -0.3 is 14.9 Å². The fourth-order valence-corrected chi connectivity index (χ4v) is 3.40. The lowest BCUT2D eigenvalue weighted by Crippen LogP contribution is -2.46. The summed E-state index contributed by atoms with van der Waals surface area (Å²) in [5, 5.41) is 20.1. The van der Waals surface area contributed by atoms with Gasteiger partial charge in [-0.05, 0) is 49.6 Å². The van der Waals surface area contributed by atoms with Crippen LogP contribution in [-0.2, 0) is 11.2 Å². The molecule has 1 saturated heterocycles. The predicted molar refractivity (Wildman–Crippen MR) is 104 cm³/mol. The summed E-state index contributed by atoms with van der Waals surface area (Å²) in [6.45, 7) is 4.62. The number of aromatic hydroxyl groups is 1. The van der Waals surface area contributed by atoms with E-state index >= 15 is 0 Å². The first-order valence-corrected chi connectivity index (χ1v) is 9.40. The molecule has 0 aliphatic carbocycles. The molecule has 5 heteroatoms. The van der Waals surface area contributed by atoms with Crippen molar-refractivity contribution in [3.63, 3.8) is 0 Å². The lowest BCUT2D eigenvalue weighted by Gasteiger charge is -2.38. The molecule has 0 spiro atoms. The summed E-state index contributed by atoms with van der Waals surface area (Å²) >= 11 is 0. The van der Waals surface area contributed by atoms with Crippen LogP contribution < -0.4 is 0 Å². The van der Waals surface area contributed by atoms with Crippen LogP contribution in [0.15, 0.2) is 48.5 Å². The summed E-state index contributed by atoms with van der Waals surface area (Å²) in [4.78, 5) is 14.2. The second-order valence-electron chi connectivity index (χ2n) is 7.41. The molecule has 1 heterocycles. The van der Waals surface area contributed by atoms with Gasteiger partial charge in [-0.25, -0.2) is 4.79 Å². The molecule has 27 heavy (non-hydrogen) atoms. The monoisotopic (exact) mass is 369 g/mol. The first-order chi connectivity index (χ1) is 12.9. The van der Waals surface area contributed by atoms with Gasteiger partial charge in [0, 0.05) is 26.1 Å². The second kappa shape index (κ2) is 8.55. The molecule has 2 aromatic carbocycles. The number of piperidine rings is 1. The van der Waals surface area contributed by atoms with Gasteiger partial charge in [0.05, 0.1) is 11.2 Å². The highest BCUT2D eigenvalue weighted by atomic mass is 16.5. The van der Waals surface area contributed by atoms with Crippen molar-refractivity contribution in [2.24, 2.45) is 0 Å². The van der Waals surface area contributed by atoms with Crippen LogP contribution in [-0.4, -0.2) is 52.9 Å². The number of benzene rings is 2. The van der Waals surface area contributed by atoms with Gasteiger partial charge in [-0.2, -0.15) is 0 Å². The highest BCUT2D eigenvalue weighted by molar-refractivity contribution is 5.89. The predicted octanol–water partition coefficient (Wildman–Crippen LogP) is 2.93. The number of ether oxygens (including phenoxy) is 1. The Kier molecular flexibility index (Phi) is 6.14. The topological polar surface area (TPSA) is 70.0 Å². The highest BCUT2D eigenvalue weighted by Crippen LogP contribution is 2.26. The van der Waals surface area contributed by atoms with E-state index in [4.69, 9.17) is 4.74 Å². The average molecular weight is 369 g/mol. The number of nitrogens with zero attached hydrogens (tertiary/aromatic N) is 1. The minimum absolute atomic E-state index is 0.123. The molecule has 0 bridgehead atoms. The number of aryl methyl sites for hydroxylation is 1. The molecule has 0 radical (unpaired) electrons. The minimum atomic E-state index is -0.658. The van der Waals surface area contributed by atoms with Crippen LogP contribution in [0.5, 0.6) is 5.75 Å². The Morgan fingerprint density at radius 2 is 1.70 bits per heavy atom. The van der Waals surface area contributed by atoms with Gasteiger partial charge in [0.25, 0.3) is 0 Å². The number of carbonyl (C=O) groups excluding carboxylic acids is 1. The van der Waals surface area contributed by atoms with Crippen molar-refractivity contribution in [1.29, 1.82) is 0 Å². The first kappa shape index (κ1) is 19.4. The van der Waals surface area contributed by atoms with Gasteiger partial charge in [0.15, 0.2) is 0 Å². The minimum Gasteiger partial charge on any atom is -0.508 e. The molecule has 0 unspecified atom stereocenters. The molecule has 3 rings (SSSR count). The van der Waals surface area contributed by atoms with E-state index in [1.165, 1.54) is 23.3 Å². The zero-order valence-corrected chi connectivity index (χ0v) is 15.7. The molecule has 0 aromatic heterocycles. The van der Waals surface area contributed by atoms with Crippen LogP contribution in [0.2, 0.25) is 0 Å². The Labute approximate surface area is 160 Å². The largest absolute Gasteiger partial charge is 0.508 e. The van der Waals surface area contributed by atoms with Crippen molar-refractivity contribution in [1.82, 2.24) is 4.90 Å². The maximum absolute atomic E-state index is 12.0. The molecule has 1 fully saturated rings. The molecule has 1 aliphatic heterocycles. The fourth-order valence-electron chi connectivity index (χ4n) is 3.40. The fraction of sp³-hybridized carbons (Fsp3) is 0.409. The van der Waals surface area contributed by atoms with Gasteiger partial charge in [-0.15, -0.1) is 0 Å². The Bertz CT molecular complexity index is 747. The van der Waals surface area contributed by atoms with Crippen LogP contribution in [0, 0.1) is 6.92 Å². The number of hydrogen-bond donors (Lipinski definition) is 2. The maximum Gasteiger partial charge on any atom is 0.338 e. The van der Waals surface area contributed by atoms with E-state index in [0.717, 1.165) is 13.1 Å². The summed E-state index contributed by atoms with van der Waals surface area (Å²) in [6, 6.07) is 14.4. The third-order valence-corrected chi connectivity index (χ3v) is 5.18. The van der Waals surface area contributed by atoms with Crippen LogP contribution in [0.3, 0.4) is 0 Å². The lowest BCUT2D eigenvalue weighted by atomic mass is 9.85. The van der Waals surface area contributed by atoms with Crippen molar-refractivity contribution >= 4 is 5.97 Å². The molecule has 5 nitrogen and oxygen atoms in total. The third-order valence-electron chi connectivity index (χ3n) is 5.18. The summed E-state index contributed by atoms with van der Waals surface area (Å²) in [7, 11) is 0. The van der Waals surface area contributed by atoms with Gasteiger partial charge in [-0.3, -0.25) is 4.90 Å². The van der Waals surface area contributed by atoms with Gasteiger partial charge in [-0.1, -0.05) is 29.8 Å². The van der Waals surface area contributed by atoms with Crippen molar-refractivity contribution in [2.45, 2.75) is 31.8 Å². The van der Waals surface area contributed by atoms with Crippen molar-refractivity contribution in [2.75, 3.05) is 26.2 Å². The second-order valence-corrected chi connectivity index (χ2v) is 7.41. The normalized spacial score (nSPS) is 16.8. The number of phenols is 1. The van der Waals surface area contributed by atoms with E-state index in [1.54, 1.807) is 12.1 Å². The van der Waals surface area contributed by atoms with Crippen molar-refractivity contribution in [3.05, 3.63) is 65.2 Å². The summed E-state index contributed by atoms with van der Waals surface area (Å²) in [6.07, 6.45) is 2.11. The number of likely N-dealkylation sites (tertiary alicyclic amines) is 1. The molecule has 2 N–H and O–H groups in total. The maximum atomic E-state index is 12.0. The molecule has 0 atom stereocenters. The van der Waals surface area contributed by atoms with Crippen LogP contribution in [0.1, 0.15) is 34.3 Å². The first-order valence-electron chi connectivity index (χ1n) is 9.40. The van der Waals surface area contributed by atoms with Gasteiger partial charge in [0.1, 0.15) is 12.4 Å². The summed E-state index contributed by atoms with van der Waals surface area (Å²) < 4.78 is 5.30.